The summed E-state index contributed by atoms with van der Waals surface area (Å²) in [7, 11) is 0. The average Bonchev–Trinajstić information content (AvgIpc) is 3.06. The third-order valence-corrected chi connectivity index (χ3v) is 4.18. The number of hydrogen-bond donors (Lipinski definition) is 0. The fourth-order valence-electron chi connectivity index (χ4n) is 2.99. The molecule has 1 amide bonds. The van der Waals surface area contributed by atoms with Gasteiger partial charge in [-0.2, -0.15) is 0 Å². The number of aromatic nitrogens is 1. The molecule has 5 heteroatoms. The van der Waals surface area contributed by atoms with Crippen molar-refractivity contribution in [1.29, 1.82) is 0 Å². The summed E-state index contributed by atoms with van der Waals surface area (Å²) in [5, 5.41) is 0. The van der Waals surface area contributed by atoms with E-state index in [2.05, 4.69) is 4.98 Å². The number of fused-ring (bicyclic) bond motifs is 1. The van der Waals surface area contributed by atoms with E-state index in [-0.39, 0.29) is 5.82 Å². The van der Waals surface area contributed by atoms with E-state index >= 15 is 0 Å². The Morgan fingerprint density at radius 2 is 1.88 bits per heavy atom. The zero-order chi connectivity index (χ0) is 17.2. The molecular weight excluding hydrogens is 319 g/mol. The van der Waals surface area contributed by atoms with Crippen molar-refractivity contribution in [2.75, 3.05) is 11.4 Å². The van der Waals surface area contributed by atoms with Crippen molar-refractivity contribution in [2.24, 2.45) is 0 Å². The number of para-hydroxylation sites is 1. The molecule has 0 radical (unpaired) electrons. The van der Waals surface area contributed by atoms with Crippen LogP contribution in [0.15, 0.2) is 67.0 Å². The van der Waals surface area contributed by atoms with Crippen LogP contribution in [0.2, 0.25) is 0 Å². The summed E-state index contributed by atoms with van der Waals surface area (Å²) in [6.45, 7) is 0.561. The number of ether oxygens (including phenoxy) is 1. The lowest BCUT2D eigenvalue weighted by Crippen LogP contribution is -2.31. The summed E-state index contributed by atoms with van der Waals surface area (Å²) >= 11 is 0. The van der Waals surface area contributed by atoms with Crippen LogP contribution in [0.4, 0.5) is 14.9 Å². The van der Waals surface area contributed by atoms with E-state index in [9.17, 15) is 9.18 Å². The number of halogens is 1. The second-order valence-corrected chi connectivity index (χ2v) is 5.82. The minimum Gasteiger partial charge on any atom is -0.410 e. The minimum absolute atomic E-state index is 0.369. The zero-order valence-electron chi connectivity index (χ0n) is 13.4. The lowest BCUT2D eigenvalue weighted by Gasteiger charge is -2.17. The van der Waals surface area contributed by atoms with Crippen molar-refractivity contribution in [3.05, 3.63) is 78.4 Å². The molecular formula is C20H15FN2O2. The first-order valence-electron chi connectivity index (χ1n) is 7.99. The van der Waals surface area contributed by atoms with E-state index in [4.69, 9.17) is 4.74 Å². The molecule has 1 aliphatic rings. The van der Waals surface area contributed by atoms with Crippen molar-refractivity contribution in [1.82, 2.24) is 4.98 Å². The first-order chi connectivity index (χ1) is 12.2. The molecule has 1 aromatic heterocycles. The number of hydrogen-bond acceptors (Lipinski definition) is 3. The largest absolute Gasteiger partial charge is 0.419 e. The predicted octanol–water partition coefficient (Wildman–Crippen LogP) is 4.45. The highest BCUT2D eigenvalue weighted by molar-refractivity contribution is 5.92. The molecule has 25 heavy (non-hydrogen) atoms. The van der Waals surface area contributed by atoms with Crippen molar-refractivity contribution >= 4 is 11.8 Å². The Balaban J connectivity index is 1.58. The van der Waals surface area contributed by atoms with Gasteiger partial charge < -0.3 is 4.74 Å². The molecule has 0 N–H and O–H groups in total. The van der Waals surface area contributed by atoms with Crippen molar-refractivity contribution in [3.8, 4) is 16.9 Å². The van der Waals surface area contributed by atoms with Gasteiger partial charge in [0.2, 0.25) is 0 Å². The van der Waals surface area contributed by atoms with Gasteiger partial charge in [-0.1, -0.05) is 24.3 Å². The van der Waals surface area contributed by atoms with Crippen LogP contribution in [0.1, 0.15) is 5.56 Å². The normalized spacial score (nSPS) is 12.8. The lowest BCUT2D eigenvalue weighted by atomic mass is 10.0. The molecule has 3 aromatic rings. The molecule has 0 atom stereocenters. The Bertz CT molecular complexity index is 928. The summed E-state index contributed by atoms with van der Waals surface area (Å²) in [4.78, 5) is 17.9. The molecule has 2 heterocycles. The molecule has 124 valence electrons. The third kappa shape index (κ3) is 3.08. The van der Waals surface area contributed by atoms with Gasteiger partial charge in [-0.15, -0.1) is 0 Å². The quantitative estimate of drug-likeness (QED) is 0.695. The summed E-state index contributed by atoms with van der Waals surface area (Å²) in [6.07, 6.45) is 3.14. The van der Waals surface area contributed by atoms with Crippen LogP contribution < -0.4 is 9.64 Å². The SMILES string of the molecule is O=C(Oc1ccccc1)N1CCc2cc(-c3cncc(F)c3)ccc21. The fourth-order valence-corrected chi connectivity index (χ4v) is 2.99. The maximum atomic E-state index is 13.4. The van der Waals surface area contributed by atoms with Crippen LogP contribution >= 0.6 is 0 Å². The van der Waals surface area contributed by atoms with Gasteiger partial charge in [0.25, 0.3) is 0 Å². The molecule has 4 nitrogen and oxygen atoms in total. The highest BCUT2D eigenvalue weighted by Crippen LogP contribution is 2.33. The van der Waals surface area contributed by atoms with Crippen LogP contribution in [0.25, 0.3) is 11.1 Å². The smallest absolute Gasteiger partial charge is 0.410 e. The fraction of sp³-hybridized carbons (Fsp3) is 0.100. The molecule has 2 aromatic carbocycles. The van der Waals surface area contributed by atoms with Crippen LogP contribution in [0, 0.1) is 5.82 Å². The van der Waals surface area contributed by atoms with Gasteiger partial charge in [-0.3, -0.25) is 9.88 Å². The van der Waals surface area contributed by atoms with E-state index < -0.39 is 6.09 Å². The maximum Gasteiger partial charge on any atom is 0.419 e. The van der Waals surface area contributed by atoms with Gasteiger partial charge in [-0.05, 0) is 47.9 Å². The molecule has 0 aliphatic carbocycles. The minimum atomic E-state index is -0.398. The van der Waals surface area contributed by atoms with Gasteiger partial charge in [0.1, 0.15) is 11.6 Å². The molecule has 0 spiro atoms. The number of benzene rings is 2. The van der Waals surface area contributed by atoms with Gasteiger partial charge in [-0.25, -0.2) is 9.18 Å². The molecule has 0 fully saturated rings. The van der Waals surface area contributed by atoms with Crippen LogP contribution in [0.3, 0.4) is 0 Å². The van der Waals surface area contributed by atoms with E-state index in [1.165, 1.54) is 12.3 Å². The van der Waals surface area contributed by atoms with E-state index in [0.29, 0.717) is 17.9 Å². The maximum absolute atomic E-state index is 13.4. The third-order valence-electron chi connectivity index (χ3n) is 4.18. The van der Waals surface area contributed by atoms with E-state index in [1.54, 1.807) is 23.2 Å². The average molecular weight is 334 g/mol. The first kappa shape index (κ1) is 15.3. The molecule has 0 saturated heterocycles. The number of pyridine rings is 1. The summed E-state index contributed by atoms with van der Waals surface area (Å²) in [5.41, 5.74) is 3.46. The van der Waals surface area contributed by atoms with Crippen molar-refractivity contribution in [2.45, 2.75) is 6.42 Å². The van der Waals surface area contributed by atoms with Gasteiger partial charge in [0.05, 0.1) is 11.9 Å². The predicted molar refractivity (Wildman–Crippen MR) is 93.1 cm³/mol. The molecule has 1 aliphatic heterocycles. The van der Waals surface area contributed by atoms with Crippen molar-refractivity contribution in [3.63, 3.8) is 0 Å². The van der Waals surface area contributed by atoms with Gasteiger partial charge >= 0.3 is 6.09 Å². The highest BCUT2D eigenvalue weighted by atomic mass is 19.1. The van der Waals surface area contributed by atoms with E-state index in [0.717, 1.165) is 23.2 Å². The molecule has 0 unspecified atom stereocenters. The number of nitrogens with zero attached hydrogens (tertiary/aromatic N) is 2. The number of carbonyl (C=O) groups excluding carboxylic acids is 1. The standard InChI is InChI=1S/C20H15FN2O2/c21-17-11-16(12-22-13-17)14-6-7-19-15(10-14)8-9-23(19)20(24)25-18-4-2-1-3-5-18/h1-7,10-13H,8-9H2. The molecule has 4 rings (SSSR count). The monoisotopic (exact) mass is 334 g/mol. The first-order valence-corrected chi connectivity index (χ1v) is 7.99. The Morgan fingerprint density at radius 1 is 1.04 bits per heavy atom. The summed E-state index contributed by atoms with van der Waals surface area (Å²) in [6, 6.07) is 16.2. The van der Waals surface area contributed by atoms with Gasteiger partial charge in [0, 0.05) is 18.3 Å². The Morgan fingerprint density at radius 3 is 2.68 bits per heavy atom. The number of anilines is 1. The number of rotatable bonds is 2. The van der Waals surface area contributed by atoms with Crippen LogP contribution in [0.5, 0.6) is 5.75 Å². The van der Waals surface area contributed by atoms with Crippen LogP contribution in [-0.2, 0) is 6.42 Å². The highest BCUT2D eigenvalue weighted by Gasteiger charge is 2.26. The van der Waals surface area contributed by atoms with Gasteiger partial charge in [0.15, 0.2) is 0 Å². The Hall–Kier alpha value is -3.21. The number of carbonyl (C=O) groups is 1. The molecule has 0 bridgehead atoms. The Labute approximate surface area is 144 Å². The van der Waals surface area contributed by atoms with Crippen molar-refractivity contribution < 1.29 is 13.9 Å². The summed E-state index contributed by atoms with van der Waals surface area (Å²) in [5.74, 6) is 0.148. The lowest BCUT2D eigenvalue weighted by molar-refractivity contribution is 0.208. The molecule has 0 saturated carbocycles. The van der Waals surface area contributed by atoms with Crippen LogP contribution in [-0.4, -0.2) is 17.6 Å². The topological polar surface area (TPSA) is 42.4 Å². The second kappa shape index (κ2) is 6.36. The zero-order valence-corrected chi connectivity index (χ0v) is 13.4. The van der Waals surface area contributed by atoms with E-state index in [1.807, 2.05) is 36.4 Å². The summed E-state index contributed by atoms with van der Waals surface area (Å²) < 4.78 is 18.8. The second-order valence-electron chi connectivity index (χ2n) is 5.82. The Kier molecular flexibility index (Phi) is 3.90. The number of amides is 1.